The molecule has 0 saturated heterocycles. The molecule has 0 spiro atoms. The second kappa shape index (κ2) is 31.4. The van der Waals surface area contributed by atoms with Gasteiger partial charge in [0.25, 0.3) is 0 Å². The van der Waals surface area contributed by atoms with Crippen molar-refractivity contribution < 1.29 is 0 Å². The molecule has 2 aromatic rings. The highest BCUT2D eigenvalue weighted by Crippen LogP contribution is 2.38. The molecule has 0 nitrogen and oxygen atoms in total. The van der Waals surface area contributed by atoms with E-state index in [2.05, 4.69) is 77.3 Å². The molecule has 0 aliphatic heterocycles. The van der Waals surface area contributed by atoms with E-state index in [0.29, 0.717) is 0 Å². The Morgan fingerprint density at radius 1 is 0.541 bits per heavy atom. The summed E-state index contributed by atoms with van der Waals surface area (Å²) in [5.41, 5.74) is 10.6. The highest BCUT2D eigenvalue weighted by atomic mass is 14.2. The van der Waals surface area contributed by atoms with E-state index in [0.717, 1.165) is 12.8 Å². The van der Waals surface area contributed by atoms with Crippen LogP contribution in [0.2, 0.25) is 0 Å². The molecule has 0 bridgehead atoms. The number of hydrogen-bond acceptors (Lipinski definition) is 0. The molecule has 0 fully saturated rings. The lowest BCUT2D eigenvalue weighted by Gasteiger charge is -2.21. The standard InChI is InChI=1S/C26H30.4C2H6.3CH4/c1-7-11-13-23-19(5)15-17-21(9-3)25(23)26-22(10-4)18-16-20(6)24(26)14-12-8-2;4*1-2;;;/h7-8,11-18H,1-2,9-10H2,3-6H3;4*1-2H3;3*1H4/b13-11-,14-12-;;;;;;;. The highest BCUT2D eigenvalue weighted by Gasteiger charge is 2.17. The van der Waals surface area contributed by atoms with Crippen LogP contribution in [0.1, 0.15) is 125 Å². The van der Waals surface area contributed by atoms with Crippen LogP contribution in [0.25, 0.3) is 23.3 Å². The fourth-order valence-electron chi connectivity index (χ4n) is 3.48. The molecule has 214 valence electrons. The van der Waals surface area contributed by atoms with Crippen molar-refractivity contribution in [3.63, 3.8) is 0 Å². The summed E-state index contributed by atoms with van der Waals surface area (Å²) >= 11 is 0. The van der Waals surface area contributed by atoms with Gasteiger partial charge in [0, 0.05) is 0 Å². The van der Waals surface area contributed by atoms with Crippen LogP contribution in [0.3, 0.4) is 0 Å². The summed E-state index contributed by atoms with van der Waals surface area (Å²) in [6.07, 6.45) is 14.2. The van der Waals surface area contributed by atoms with Gasteiger partial charge in [0.15, 0.2) is 0 Å². The Kier molecular flexibility index (Phi) is 40.4. The Labute approximate surface area is 236 Å². The first kappa shape index (κ1) is 47.6. The molecule has 0 aliphatic rings. The van der Waals surface area contributed by atoms with Gasteiger partial charge in [0.05, 0.1) is 0 Å². The van der Waals surface area contributed by atoms with Crippen LogP contribution in [0.15, 0.2) is 61.7 Å². The van der Waals surface area contributed by atoms with Crippen LogP contribution in [-0.4, -0.2) is 0 Å². The second-order valence-corrected chi connectivity index (χ2v) is 6.56. The van der Waals surface area contributed by atoms with Crippen molar-refractivity contribution in [2.45, 2.75) is 118 Å². The molecule has 0 heteroatoms. The van der Waals surface area contributed by atoms with Gasteiger partial charge in [-0.2, -0.15) is 0 Å². The number of rotatable bonds is 7. The molecule has 0 heterocycles. The van der Waals surface area contributed by atoms with Gasteiger partial charge in [-0.15, -0.1) is 0 Å². The van der Waals surface area contributed by atoms with Crippen molar-refractivity contribution in [3.05, 3.63) is 95.1 Å². The lowest BCUT2D eigenvalue weighted by molar-refractivity contribution is 1.11. The van der Waals surface area contributed by atoms with Gasteiger partial charge in [0.2, 0.25) is 0 Å². The predicted octanol–water partition coefficient (Wildman–Crippen LogP) is 13.5. The van der Waals surface area contributed by atoms with E-state index >= 15 is 0 Å². The molecule has 0 unspecified atom stereocenters. The summed E-state index contributed by atoms with van der Waals surface area (Å²) in [5.74, 6) is 0. The average Bonchev–Trinajstić information content (AvgIpc) is 2.91. The van der Waals surface area contributed by atoms with E-state index in [1.54, 1.807) is 0 Å². The summed E-state index contributed by atoms with van der Waals surface area (Å²) in [5, 5.41) is 0. The van der Waals surface area contributed by atoms with E-state index < -0.39 is 0 Å². The zero-order chi connectivity index (χ0) is 27.1. The summed E-state index contributed by atoms with van der Waals surface area (Å²) in [6, 6.07) is 9.01. The van der Waals surface area contributed by atoms with E-state index in [1.165, 1.54) is 44.5 Å². The third-order valence-electron chi connectivity index (χ3n) is 4.91. The number of benzene rings is 2. The van der Waals surface area contributed by atoms with Crippen molar-refractivity contribution in [3.8, 4) is 11.1 Å². The van der Waals surface area contributed by atoms with Crippen LogP contribution in [0, 0.1) is 13.8 Å². The third kappa shape index (κ3) is 14.7. The number of aryl methyl sites for hydroxylation is 4. The molecule has 0 amide bonds. The summed E-state index contributed by atoms with van der Waals surface area (Å²) in [6.45, 7) is 32.5. The third-order valence-corrected chi connectivity index (χ3v) is 4.91. The van der Waals surface area contributed by atoms with Crippen molar-refractivity contribution >= 4 is 12.2 Å². The molecule has 0 aromatic heterocycles. The molecule has 2 rings (SSSR count). The maximum atomic E-state index is 3.85. The quantitative estimate of drug-likeness (QED) is 0.325. The minimum absolute atomic E-state index is 0. The van der Waals surface area contributed by atoms with Crippen molar-refractivity contribution in [2.75, 3.05) is 0 Å². The summed E-state index contributed by atoms with van der Waals surface area (Å²) in [7, 11) is 0. The van der Waals surface area contributed by atoms with Gasteiger partial charge in [-0.3, -0.25) is 0 Å². The normalized spacial score (nSPS) is 8.65. The number of allylic oxidation sites excluding steroid dienone is 4. The second-order valence-electron chi connectivity index (χ2n) is 6.56. The Bertz CT molecular complexity index is 787. The molecule has 37 heavy (non-hydrogen) atoms. The van der Waals surface area contributed by atoms with Crippen molar-refractivity contribution in [1.29, 1.82) is 0 Å². The smallest absolute Gasteiger partial charge is 0.00679 e. The molecule has 0 N–H and O–H groups in total. The predicted molar refractivity (Wildman–Crippen MR) is 184 cm³/mol. The van der Waals surface area contributed by atoms with E-state index in [9.17, 15) is 0 Å². The van der Waals surface area contributed by atoms with Crippen molar-refractivity contribution in [2.24, 2.45) is 0 Å². The Hall–Kier alpha value is -2.60. The van der Waals surface area contributed by atoms with Crippen LogP contribution < -0.4 is 0 Å². The Morgan fingerprint density at radius 3 is 1.03 bits per heavy atom. The van der Waals surface area contributed by atoms with E-state index in [1.807, 2.05) is 79.7 Å². The zero-order valence-electron chi connectivity index (χ0n) is 24.6. The Balaban J connectivity index is -0.000000199. The molecular weight excluding hydrogens is 444 g/mol. The van der Waals surface area contributed by atoms with Gasteiger partial charge in [-0.1, -0.05) is 165 Å². The van der Waals surface area contributed by atoms with Gasteiger partial charge < -0.3 is 0 Å². The van der Waals surface area contributed by atoms with Crippen LogP contribution >= 0.6 is 0 Å². The van der Waals surface area contributed by atoms with Crippen LogP contribution in [-0.2, 0) is 12.8 Å². The Morgan fingerprint density at radius 2 is 0.811 bits per heavy atom. The summed E-state index contributed by atoms with van der Waals surface area (Å²) < 4.78 is 0. The van der Waals surface area contributed by atoms with Crippen LogP contribution in [0.5, 0.6) is 0 Å². The molecule has 0 atom stereocenters. The van der Waals surface area contributed by atoms with Gasteiger partial charge in [-0.25, -0.2) is 0 Å². The van der Waals surface area contributed by atoms with Gasteiger partial charge in [0.1, 0.15) is 0 Å². The maximum Gasteiger partial charge on any atom is -0.00679 e. The van der Waals surface area contributed by atoms with Gasteiger partial charge >= 0.3 is 0 Å². The minimum Gasteiger partial charge on any atom is -0.0991 e. The SMILES string of the molecule is C.C.C.C=C/C=C\c1c(C)ccc(CC)c1-c1c(CC)ccc(C)c1/C=C\C=C.CC.CC.CC.CC. The first-order chi connectivity index (χ1) is 16.6. The van der Waals surface area contributed by atoms with Crippen molar-refractivity contribution in [1.82, 2.24) is 0 Å². The maximum absolute atomic E-state index is 3.85. The molecule has 2 aromatic carbocycles. The molecule has 0 aliphatic carbocycles. The fraction of sp³-hybridized carbons (Fsp3) is 0.459. The van der Waals surface area contributed by atoms with E-state index in [4.69, 9.17) is 0 Å². The molecular formula is C37H66. The lowest BCUT2D eigenvalue weighted by atomic mass is 9.83. The largest absolute Gasteiger partial charge is 0.0991 e. The molecule has 0 saturated carbocycles. The molecule has 0 radical (unpaired) electrons. The minimum atomic E-state index is 0. The first-order valence-corrected chi connectivity index (χ1v) is 13.4. The topological polar surface area (TPSA) is 0 Å². The monoisotopic (exact) mass is 511 g/mol. The average molecular weight is 511 g/mol. The summed E-state index contributed by atoms with van der Waals surface area (Å²) in [4.78, 5) is 0. The van der Waals surface area contributed by atoms with E-state index in [-0.39, 0.29) is 22.3 Å². The van der Waals surface area contributed by atoms with Gasteiger partial charge in [-0.05, 0) is 71.2 Å². The fourth-order valence-corrected chi connectivity index (χ4v) is 3.48. The lowest BCUT2D eigenvalue weighted by Crippen LogP contribution is -2.01. The first-order valence-electron chi connectivity index (χ1n) is 13.4. The number of hydrogen-bond donors (Lipinski definition) is 0. The van der Waals surface area contributed by atoms with Crippen LogP contribution in [0.4, 0.5) is 0 Å². The highest BCUT2D eigenvalue weighted by molar-refractivity contribution is 5.88. The zero-order valence-corrected chi connectivity index (χ0v) is 24.6.